The molecule has 5 heteroatoms. The molecule has 2 aromatic carbocycles. The van der Waals surface area contributed by atoms with Crippen LogP contribution in [0.15, 0.2) is 42.5 Å². The quantitative estimate of drug-likeness (QED) is 0.888. The van der Waals surface area contributed by atoms with E-state index in [0.29, 0.717) is 35.1 Å². The summed E-state index contributed by atoms with van der Waals surface area (Å²) in [5, 5.41) is 3.57. The first-order chi connectivity index (χ1) is 10.6. The van der Waals surface area contributed by atoms with Gasteiger partial charge in [-0.2, -0.15) is 0 Å². The largest absolute Gasteiger partial charge is 0.497 e. The van der Waals surface area contributed by atoms with Crippen molar-refractivity contribution in [2.75, 3.05) is 20.8 Å². The fourth-order valence-electron chi connectivity index (χ4n) is 2.10. The Kier molecular flexibility index (Phi) is 5.67. The normalized spacial score (nSPS) is 10.1. The van der Waals surface area contributed by atoms with E-state index in [4.69, 9.17) is 21.1 Å². The number of methoxy groups -OCH3 is 2. The molecule has 2 rings (SSSR count). The molecule has 0 aliphatic heterocycles. The molecule has 0 radical (unpaired) electrons. The van der Waals surface area contributed by atoms with Gasteiger partial charge in [-0.1, -0.05) is 23.7 Å². The second-order valence-electron chi connectivity index (χ2n) is 4.70. The highest BCUT2D eigenvalue weighted by molar-refractivity contribution is 6.30. The summed E-state index contributed by atoms with van der Waals surface area (Å²) in [6, 6.07) is 12.7. The molecular formula is C17H18ClNO3. The van der Waals surface area contributed by atoms with E-state index in [1.165, 1.54) is 7.11 Å². The molecule has 0 aromatic heterocycles. The molecule has 1 amide bonds. The summed E-state index contributed by atoms with van der Waals surface area (Å²) in [7, 11) is 3.09. The van der Waals surface area contributed by atoms with E-state index in [-0.39, 0.29) is 5.91 Å². The lowest BCUT2D eigenvalue weighted by Crippen LogP contribution is -2.26. The van der Waals surface area contributed by atoms with Crippen molar-refractivity contribution in [1.82, 2.24) is 5.32 Å². The van der Waals surface area contributed by atoms with Crippen LogP contribution in [-0.2, 0) is 6.42 Å². The first-order valence-corrected chi connectivity index (χ1v) is 7.26. The third-order valence-corrected chi connectivity index (χ3v) is 3.47. The molecule has 116 valence electrons. The molecule has 0 fully saturated rings. The van der Waals surface area contributed by atoms with E-state index in [9.17, 15) is 4.79 Å². The maximum absolute atomic E-state index is 12.3. The fraction of sp³-hybridized carbons (Fsp3) is 0.235. The lowest BCUT2D eigenvalue weighted by molar-refractivity contribution is 0.0950. The van der Waals surface area contributed by atoms with Gasteiger partial charge < -0.3 is 14.8 Å². The zero-order valence-electron chi connectivity index (χ0n) is 12.6. The molecule has 0 atom stereocenters. The van der Waals surface area contributed by atoms with Crippen LogP contribution in [0.25, 0.3) is 0 Å². The number of benzene rings is 2. The van der Waals surface area contributed by atoms with E-state index in [1.807, 2.05) is 24.3 Å². The van der Waals surface area contributed by atoms with Gasteiger partial charge in [0.15, 0.2) is 0 Å². The molecule has 0 unspecified atom stereocenters. The number of carbonyl (C=O) groups is 1. The Morgan fingerprint density at radius 2 is 1.95 bits per heavy atom. The van der Waals surface area contributed by atoms with Gasteiger partial charge in [-0.15, -0.1) is 0 Å². The van der Waals surface area contributed by atoms with Crippen molar-refractivity contribution in [3.8, 4) is 11.5 Å². The molecule has 0 saturated carbocycles. The van der Waals surface area contributed by atoms with Gasteiger partial charge in [-0.3, -0.25) is 4.79 Å². The van der Waals surface area contributed by atoms with Crippen LogP contribution >= 0.6 is 11.6 Å². The van der Waals surface area contributed by atoms with Crippen molar-refractivity contribution in [3.05, 3.63) is 58.6 Å². The molecule has 0 spiro atoms. The number of rotatable bonds is 6. The molecule has 4 nitrogen and oxygen atoms in total. The fourth-order valence-corrected chi connectivity index (χ4v) is 2.31. The Morgan fingerprint density at radius 1 is 1.14 bits per heavy atom. The summed E-state index contributed by atoms with van der Waals surface area (Å²) >= 11 is 5.94. The van der Waals surface area contributed by atoms with Crippen LogP contribution in [0.3, 0.4) is 0 Å². The SMILES string of the molecule is COc1ccc(OC)c(C(=O)NCCc2cccc(Cl)c2)c1. The Hall–Kier alpha value is -2.20. The molecule has 0 aliphatic rings. The molecule has 0 saturated heterocycles. The zero-order chi connectivity index (χ0) is 15.9. The van der Waals surface area contributed by atoms with Crippen molar-refractivity contribution in [2.24, 2.45) is 0 Å². The van der Waals surface area contributed by atoms with Crippen LogP contribution in [-0.4, -0.2) is 26.7 Å². The van der Waals surface area contributed by atoms with Crippen molar-refractivity contribution < 1.29 is 14.3 Å². The zero-order valence-corrected chi connectivity index (χ0v) is 13.3. The van der Waals surface area contributed by atoms with Crippen LogP contribution < -0.4 is 14.8 Å². The minimum atomic E-state index is -0.197. The van der Waals surface area contributed by atoms with Crippen molar-refractivity contribution in [3.63, 3.8) is 0 Å². The number of carbonyl (C=O) groups excluding carboxylic acids is 1. The highest BCUT2D eigenvalue weighted by Gasteiger charge is 2.13. The number of nitrogens with one attached hydrogen (secondary N) is 1. The van der Waals surface area contributed by atoms with E-state index >= 15 is 0 Å². The van der Waals surface area contributed by atoms with Gasteiger partial charge in [-0.05, 0) is 42.3 Å². The van der Waals surface area contributed by atoms with Gasteiger partial charge in [0.1, 0.15) is 11.5 Å². The smallest absolute Gasteiger partial charge is 0.255 e. The van der Waals surface area contributed by atoms with Crippen LogP contribution in [0.4, 0.5) is 0 Å². The summed E-state index contributed by atoms with van der Waals surface area (Å²) in [5.74, 6) is 0.930. The lowest BCUT2D eigenvalue weighted by atomic mass is 10.1. The molecule has 1 N–H and O–H groups in total. The lowest BCUT2D eigenvalue weighted by Gasteiger charge is -2.11. The summed E-state index contributed by atoms with van der Waals surface area (Å²) < 4.78 is 10.4. The van der Waals surface area contributed by atoms with E-state index in [2.05, 4.69) is 5.32 Å². The maximum Gasteiger partial charge on any atom is 0.255 e. The van der Waals surface area contributed by atoms with Crippen LogP contribution in [0.5, 0.6) is 11.5 Å². The first-order valence-electron chi connectivity index (χ1n) is 6.88. The minimum Gasteiger partial charge on any atom is -0.497 e. The van der Waals surface area contributed by atoms with Gasteiger partial charge in [0, 0.05) is 11.6 Å². The number of ether oxygens (including phenoxy) is 2. The summed E-state index contributed by atoms with van der Waals surface area (Å²) in [6.45, 7) is 0.513. The summed E-state index contributed by atoms with van der Waals surface area (Å²) in [4.78, 5) is 12.3. The second-order valence-corrected chi connectivity index (χ2v) is 5.14. The highest BCUT2D eigenvalue weighted by Crippen LogP contribution is 2.23. The summed E-state index contributed by atoms with van der Waals surface area (Å²) in [5.41, 5.74) is 1.53. The topological polar surface area (TPSA) is 47.6 Å². The van der Waals surface area contributed by atoms with Crippen LogP contribution in [0.2, 0.25) is 5.02 Å². The van der Waals surface area contributed by atoms with Crippen molar-refractivity contribution >= 4 is 17.5 Å². The van der Waals surface area contributed by atoms with E-state index < -0.39 is 0 Å². The van der Waals surface area contributed by atoms with Gasteiger partial charge in [0.25, 0.3) is 5.91 Å². The third-order valence-electron chi connectivity index (χ3n) is 3.24. The van der Waals surface area contributed by atoms with Crippen molar-refractivity contribution in [1.29, 1.82) is 0 Å². The monoisotopic (exact) mass is 319 g/mol. The van der Waals surface area contributed by atoms with Gasteiger partial charge in [-0.25, -0.2) is 0 Å². The number of hydrogen-bond acceptors (Lipinski definition) is 3. The van der Waals surface area contributed by atoms with Gasteiger partial charge in [0.05, 0.1) is 19.8 Å². The third kappa shape index (κ3) is 4.15. The van der Waals surface area contributed by atoms with Crippen LogP contribution in [0, 0.1) is 0 Å². The van der Waals surface area contributed by atoms with Gasteiger partial charge >= 0.3 is 0 Å². The van der Waals surface area contributed by atoms with Crippen molar-refractivity contribution in [2.45, 2.75) is 6.42 Å². The highest BCUT2D eigenvalue weighted by atomic mass is 35.5. The van der Waals surface area contributed by atoms with Crippen LogP contribution in [0.1, 0.15) is 15.9 Å². The average Bonchev–Trinajstić information content (AvgIpc) is 2.54. The first kappa shape index (κ1) is 16.2. The Balaban J connectivity index is 2.00. The number of hydrogen-bond donors (Lipinski definition) is 1. The summed E-state index contributed by atoms with van der Waals surface area (Å²) in [6.07, 6.45) is 0.707. The minimum absolute atomic E-state index is 0.197. The molecular weight excluding hydrogens is 302 g/mol. The predicted octanol–water partition coefficient (Wildman–Crippen LogP) is 3.33. The second kappa shape index (κ2) is 7.71. The number of halogens is 1. The van der Waals surface area contributed by atoms with Gasteiger partial charge in [0.2, 0.25) is 0 Å². The molecule has 0 heterocycles. The number of amides is 1. The molecule has 22 heavy (non-hydrogen) atoms. The molecule has 2 aromatic rings. The average molecular weight is 320 g/mol. The standard InChI is InChI=1S/C17H18ClNO3/c1-21-14-6-7-16(22-2)15(11-14)17(20)19-9-8-12-4-3-5-13(18)10-12/h3-7,10-11H,8-9H2,1-2H3,(H,19,20). The van der Waals surface area contributed by atoms with E-state index in [0.717, 1.165) is 5.56 Å². The van der Waals surface area contributed by atoms with E-state index in [1.54, 1.807) is 25.3 Å². The molecule has 0 aliphatic carbocycles. The predicted molar refractivity (Wildman–Crippen MR) is 87.0 cm³/mol. The molecule has 0 bridgehead atoms. The maximum atomic E-state index is 12.3. The Labute approximate surface area is 135 Å². The Morgan fingerprint density at radius 3 is 2.64 bits per heavy atom. The Bertz CT molecular complexity index is 658.